The molecule has 3 heterocycles. The lowest BCUT2D eigenvalue weighted by Crippen LogP contribution is -2.55. The largest absolute Gasteiger partial charge is 0.416 e. The van der Waals surface area contributed by atoms with Crippen LogP contribution in [0.4, 0.5) is 19.0 Å². The van der Waals surface area contributed by atoms with Gasteiger partial charge in [0, 0.05) is 23.1 Å². The fraction of sp³-hybridized carbons (Fsp3) is 0.231. The number of carbonyl (C=O) groups excluding carboxylic acids is 2. The maximum atomic E-state index is 13.9. The van der Waals surface area contributed by atoms with Gasteiger partial charge >= 0.3 is 6.18 Å². The molecule has 2 aromatic carbocycles. The smallest absolute Gasteiger partial charge is 0.339 e. The number of fused-ring (bicyclic) bond motifs is 1. The lowest BCUT2D eigenvalue weighted by Gasteiger charge is -2.37. The van der Waals surface area contributed by atoms with Crippen molar-refractivity contribution >= 4 is 29.0 Å². The fourth-order valence-electron chi connectivity index (χ4n) is 4.69. The van der Waals surface area contributed by atoms with E-state index in [9.17, 15) is 22.8 Å². The second kappa shape index (κ2) is 9.47. The Morgan fingerprint density at radius 1 is 1.14 bits per heavy atom. The number of para-hydroxylation sites is 1. The van der Waals surface area contributed by atoms with E-state index in [1.165, 1.54) is 23.5 Å². The number of carbonyl (C=O) groups is 2. The minimum Gasteiger partial charge on any atom is -0.339 e. The van der Waals surface area contributed by atoms with Crippen molar-refractivity contribution < 1.29 is 22.8 Å². The Labute approximate surface area is 214 Å². The van der Waals surface area contributed by atoms with Crippen LogP contribution in [-0.4, -0.2) is 39.2 Å². The van der Waals surface area contributed by atoms with Gasteiger partial charge in [0.25, 0.3) is 11.8 Å². The van der Waals surface area contributed by atoms with Gasteiger partial charge in [-0.25, -0.2) is 9.67 Å². The number of aryl methyl sites for hydroxylation is 1. The van der Waals surface area contributed by atoms with Crippen LogP contribution < -0.4 is 10.2 Å². The number of hydrogen-bond donors (Lipinski definition) is 1. The number of halogens is 3. The van der Waals surface area contributed by atoms with Crippen LogP contribution in [0.5, 0.6) is 0 Å². The number of rotatable bonds is 5. The highest BCUT2D eigenvalue weighted by Gasteiger charge is 2.46. The number of hydrogen-bond acceptors (Lipinski definition) is 5. The summed E-state index contributed by atoms with van der Waals surface area (Å²) in [7, 11) is 0. The second-order valence-corrected chi connectivity index (χ2v) is 9.29. The molecule has 4 aromatic rings. The first kappa shape index (κ1) is 24.7. The van der Waals surface area contributed by atoms with Gasteiger partial charge in [0.2, 0.25) is 0 Å². The molecule has 0 saturated heterocycles. The summed E-state index contributed by atoms with van der Waals surface area (Å²) in [6.45, 7) is 3.94. The number of likely N-dealkylation sites (N-methyl/N-ethyl adjacent to an activating group) is 1. The molecular weight excluding hydrogens is 503 g/mol. The van der Waals surface area contributed by atoms with E-state index in [0.717, 1.165) is 23.4 Å². The highest BCUT2D eigenvalue weighted by molar-refractivity contribution is 7.07. The molecule has 0 bridgehead atoms. The van der Waals surface area contributed by atoms with E-state index in [-0.39, 0.29) is 5.56 Å². The highest BCUT2D eigenvalue weighted by atomic mass is 32.1. The molecule has 2 atom stereocenters. The number of alkyl halides is 3. The zero-order valence-electron chi connectivity index (χ0n) is 19.9. The summed E-state index contributed by atoms with van der Waals surface area (Å²) >= 11 is 1.35. The summed E-state index contributed by atoms with van der Waals surface area (Å²) < 4.78 is 41.4. The average Bonchev–Trinajstić information content (AvgIpc) is 3.53. The van der Waals surface area contributed by atoms with Crippen LogP contribution in [0.2, 0.25) is 0 Å². The maximum absolute atomic E-state index is 13.9. The molecular formula is C26H22F3N5O2S. The average molecular weight is 526 g/mol. The summed E-state index contributed by atoms with van der Waals surface area (Å²) in [5.41, 5.74) is 3.22. The van der Waals surface area contributed by atoms with Gasteiger partial charge in [-0.15, -0.1) is 11.3 Å². The van der Waals surface area contributed by atoms with Crippen molar-refractivity contribution in [2.75, 3.05) is 11.4 Å². The predicted octanol–water partition coefficient (Wildman–Crippen LogP) is 4.95. The van der Waals surface area contributed by atoms with E-state index in [1.54, 1.807) is 20.5 Å². The number of anilines is 1. The number of nitrogens with one attached hydrogen (secondary N) is 1. The van der Waals surface area contributed by atoms with Crippen LogP contribution in [-0.2, 0) is 11.0 Å². The SMILES string of the molecule is CCN1C(=O)C(NC(=O)c2cccc(C(F)(F)F)c2)C(c2cscn2)c2c(C)nn(-c3ccccc3)c21. The Kier molecular flexibility index (Phi) is 6.32. The lowest BCUT2D eigenvalue weighted by atomic mass is 9.84. The van der Waals surface area contributed by atoms with Gasteiger partial charge in [0.15, 0.2) is 0 Å². The van der Waals surface area contributed by atoms with Crippen molar-refractivity contribution in [1.82, 2.24) is 20.1 Å². The predicted molar refractivity (Wildman–Crippen MR) is 133 cm³/mol. The Balaban J connectivity index is 1.62. The van der Waals surface area contributed by atoms with Gasteiger partial charge < -0.3 is 5.32 Å². The van der Waals surface area contributed by atoms with Crippen LogP contribution in [0.15, 0.2) is 65.5 Å². The maximum Gasteiger partial charge on any atom is 0.416 e. The molecule has 0 saturated carbocycles. The minimum atomic E-state index is -4.60. The van der Waals surface area contributed by atoms with Crippen molar-refractivity contribution in [3.8, 4) is 5.69 Å². The number of aromatic nitrogens is 3. The second-order valence-electron chi connectivity index (χ2n) is 8.57. The standard InChI is InChI=1S/C26H22F3N5O2S/c1-3-33-24-20(15(2)32-34(24)18-10-5-4-6-11-18)21(19-13-37-14-30-19)22(25(33)36)31-23(35)16-8-7-9-17(12-16)26(27,28)29/h4-14,21-22H,3H2,1-2H3,(H,31,35). The van der Waals surface area contributed by atoms with E-state index >= 15 is 0 Å². The highest BCUT2D eigenvalue weighted by Crippen LogP contribution is 2.43. The topological polar surface area (TPSA) is 80.1 Å². The van der Waals surface area contributed by atoms with E-state index < -0.39 is 35.5 Å². The summed E-state index contributed by atoms with van der Waals surface area (Å²) in [5.74, 6) is -1.27. The minimum absolute atomic E-state index is 0.190. The van der Waals surface area contributed by atoms with E-state index in [4.69, 9.17) is 5.10 Å². The zero-order chi connectivity index (χ0) is 26.3. The lowest BCUT2D eigenvalue weighted by molar-refractivity contribution is -0.137. The molecule has 2 aromatic heterocycles. The third kappa shape index (κ3) is 4.39. The van der Waals surface area contributed by atoms with E-state index in [0.29, 0.717) is 23.8 Å². The molecule has 11 heteroatoms. The number of nitrogens with zero attached hydrogens (tertiary/aromatic N) is 4. The van der Waals surface area contributed by atoms with Gasteiger partial charge in [0.05, 0.1) is 34.1 Å². The summed E-state index contributed by atoms with van der Waals surface area (Å²) in [6.07, 6.45) is -4.60. The quantitative estimate of drug-likeness (QED) is 0.400. The van der Waals surface area contributed by atoms with Gasteiger partial charge in [-0.3, -0.25) is 14.5 Å². The Hall–Kier alpha value is -3.99. The number of benzene rings is 2. The van der Waals surface area contributed by atoms with Gasteiger partial charge in [-0.2, -0.15) is 18.3 Å². The molecule has 7 nitrogen and oxygen atoms in total. The number of thiazole rings is 1. The van der Waals surface area contributed by atoms with Crippen molar-refractivity contribution in [1.29, 1.82) is 0 Å². The summed E-state index contributed by atoms with van der Waals surface area (Å²) in [6, 6.07) is 12.4. The van der Waals surface area contributed by atoms with Crippen molar-refractivity contribution in [3.05, 3.63) is 93.6 Å². The fourth-order valence-corrected chi connectivity index (χ4v) is 5.28. The van der Waals surface area contributed by atoms with Crippen LogP contribution in [0, 0.1) is 6.92 Å². The Bertz CT molecular complexity index is 1450. The molecule has 0 fully saturated rings. The van der Waals surface area contributed by atoms with E-state index in [2.05, 4.69) is 10.3 Å². The Morgan fingerprint density at radius 3 is 2.54 bits per heavy atom. The van der Waals surface area contributed by atoms with Crippen molar-refractivity contribution in [2.24, 2.45) is 0 Å². The monoisotopic (exact) mass is 525 g/mol. The number of amides is 2. The normalized spacial score (nSPS) is 17.5. The molecule has 0 aliphatic carbocycles. The van der Waals surface area contributed by atoms with E-state index in [1.807, 2.05) is 44.2 Å². The first-order chi connectivity index (χ1) is 17.7. The first-order valence-electron chi connectivity index (χ1n) is 11.5. The van der Waals surface area contributed by atoms with Crippen molar-refractivity contribution in [2.45, 2.75) is 32.0 Å². The van der Waals surface area contributed by atoms with Crippen LogP contribution >= 0.6 is 11.3 Å². The first-order valence-corrected chi connectivity index (χ1v) is 12.5. The van der Waals surface area contributed by atoms with Gasteiger partial charge in [-0.05, 0) is 44.2 Å². The van der Waals surface area contributed by atoms with Crippen LogP contribution in [0.25, 0.3) is 5.69 Å². The van der Waals surface area contributed by atoms with Gasteiger partial charge in [0.1, 0.15) is 11.9 Å². The van der Waals surface area contributed by atoms with Crippen molar-refractivity contribution in [3.63, 3.8) is 0 Å². The van der Waals surface area contributed by atoms with Gasteiger partial charge in [-0.1, -0.05) is 24.3 Å². The molecule has 1 N–H and O–H groups in total. The Morgan fingerprint density at radius 2 is 1.89 bits per heavy atom. The van der Waals surface area contributed by atoms with Crippen LogP contribution in [0.3, 0.4) is 0 Å². The summed E-state index contributed by atoms with van der Waals surface area (Å²) in [5, 5.41) is 9.24. The molecule has 2 unspecified atom stereocenters. The molecule has 0 spiro atoms. The summed E-state index contributed by atoms with van der Waals surface area (Å²) in [4.78, 5) is 33.0. The molecule has 1 aliphatic rings. The molecule has 190 valence electrons. The molecule has 0 radical (unpaired) electrons. The third-order valence-corrected chi connectivity index (χ3v) is 6.94. The molecule has 37 heavy (non-hydrogen) atoms. The molecule has 1 aliphatic heterocycles. The molecule has 5 rings (SSSR count). The zero-order valence-corrected chi connectivity index (χ0v) is 20.7. The third-order valence-electron chi connectivity index (χ3n) is 6.34. The molecule has 2 amide bonds. The van der Waals surface area contributed by atoms with Crippen LogP contribution in [0.1, 0.15) is 45.7 Å².